The number of hydrogen-bond donors (Lipinski definition) is 0. The quantitative estimate of drug-likeness (QED) is 0.135. The molecule has 0 aliphatic heterocycles. The predicted molar refractivity (Wildman–Crippen MR) is 287 cm³/mol. The van der Waals surface area contributed by atoms with Gasteiger partial charge in [-0.2, -0.15) is 0 Å². The zero-order chi connectivity index (χ0) is 45.0. The number of hydrogen-bond acceptors (Lipinski definition) is 2. The summed E-state index contributed by atoms with van der Waals surface area (Å²) in [4.78, 5) is 7.45. The second-order valence-corrected chi connectivity index (χ2v) is 17.5. The van der Waals surface area contributed by atoms with Gasteiger partial charge < -0.3 is 4.90 Å². The zero-order valence-electron chi connectivity index (χ0n) is 37.2. The van der Waals surface area contributed by atoms with Crippen LogP contribution in [0.3, 0.4) is 0 Å². The van der Waals surface area contributed by atoms with Crippen molar-refractivity contribution in [2.75, 3.05) is 4.90 Å². The molecular weight excluding hydrogens is 823 g/mol. The lowest BCUT2D eigenvalue weighted by Gasteiger charge is -2.27. The molecule has 0 unspecified atom stereocenters. The first-order valence-electron chi connectivity index (χ1n) is 23.3. The zero-order valence-corrected chi connectivity index (χ0v) is 37.2. The van der Waals surface area contributed by atoms with Crippen molar-refractivity contribution in [3.8, 4) is 61.6 Å². The molecule has 0 aliphatic carbocycles. The standard InChI is InChI=1S/C65H43N3/c1-5-15-44(16-6-1)51-41-52(45-17-7-2-8-18-45)43-56(42-51)67(53-21-11-4-12-22-53)54-33-25-46(26-34-54)57-37-29-48-32-40-60-58(38-30-49-31-39-59(57)63(48)64(49)60)47-27-35-55(36-28-47)68-62-24-14-13-23-61(62)66-65(68)50-19-9-3-10-20-50/h1-43H. The summed E-state index contributed by atoms with van der Waals surface area (Å²) in [6.07, 6.45) is 0. The normalized spacial score (nSPS) is 11.5. The number of anilines is 3. The third-order valence-electron chi connectivity index (χ3n) is 13.5. The average Bonchev–Trinajstić information content (AvgIpc) is 3.81. The highest BCUT2D eigenvalue weighted by Crippen LogP contribution is 2.44. The molecule has 318 valence electrons. The van der Waals surface area contributed by atoms with Crippen LogP contribution < -0.4 is 4.90 Å². The molecule has 68 heavy (non-hydrogen) atoms. The molecule has 12 aromatic carbocycles. The van der Waals surface area contributed by atoms with Gasteiger partial charge in [0, 0.05) is 28.3 Å². The highest BCUT2D eigenvalue weighted by atomic mass is 15.1. The third kappa shape index (κ3) is 6.80. The molecule has 0 aliphatic rings. The van der Waals surface area contributed by atoms with E-state index in [1.165, 1.54) is 76.8 Å². The molecule has 3 nitrogen and oxygen atoms in total. The molecule has 1 aromatic heterocycles. The number of nitrogens with zero attached hydrogens (tertiary/aromatic N) is 3. The molecule has 3 heteroatoms. The van der Waals surface area contributed by atoms with Crippen LogP contribution in [0, 0.1) is 0 Å². The lowest BCUT2D eigenvalue weighted by Crippen LogP contribution is -2.10. The summed E-state index contributed by atoms with van der Waals surface area (Å²) in [6, 6.07) is 94.3. The number of benzene rings is 12. The molecule has 0 bridgehead atoms. The minimum absolute atomic E-state index is 0.937. The van der Waals surface area contributed by atoms with Gasteiger partial charge in [-0.05, 0) is 144 Å². The summed E-state index contributed by atoms with van der Waals surface area (Å²) in [6.45, 7) is 0. The van der Waals surface area contributed by atoms with Crippen LogP contribution in [0.25, 0.3) is 105 Å². The number of rotatable bonds is 9. The van der Waals surface area contributed by atoms with E-state index >= 15 is 0 Å². The van der Waals surface area contributed by atoms with Gasteiger partial charge in [-0.25, -0.2) is 4.98 Å². The van der Waals surface area contributed by atoms with Gasteiger partial charge in [0.15, 0.2) is 0 Å². The van der Waals surface area contributed by atoms with Crippen LogP contribution in [0.5, 0.6) is 0 Å². The first-order chi connectivity index (χ1) is 33.7. The van der Waals surface area contributed by atoms with Gasteiger partial charge in [0.05, 0.1) is 11.0 Å². The molecule has 0 fully saturated rings. The second-order valence-electron chi connectivity index (χ2n) is 17.5. The lowest BCUT2D eigenvalue weighted by molar-refractivity contribution is 1.10. The smallest absolute Gasteiger partial charge is 0.145 e. The molecule has 13 aromatic rings. The molecular formula is C65H43N3. The molecule has 0 saturated carbocycles. The summed E-state index contributed by atoms with van der Waals surface area (Å²) < 4.78 is 2.27. The van der Waals surface area contributed by atoms with Crippen LogP contribution in [0.15, 0.2) is 261 Å². The fraction of sp³-hybridized carbons (Fsp3) is 0. The van der Waals surface area contributed by atoms with E-state index in [1.54, 1.807) is 0 Å². The first kappa shape index (κ1) is 39.3. The van der Waals surface area contributed by atoms with E-state index in [4.69, 9.17) is 4.98 Å². The van der Waals surface area contributed by atoms with Crippen LogP contribution in [0.4, 0.5) is 17.1 Å². The largest absolute Gasteiger partial charge is 0.310 e. The highest BCUT2D eigenvalue weighted by Gasteiger charge is 2.19. The Labute approximate surface area is 395 Å². The van der Waals surface area contributed by atoms with E-state index in [0.717, 1.165) is 45.2 Å². The minimum atomic E-state index is 0.937. The minimum Gasteiger partial charge on any atom is -0.310 e. The second kappa shape index (κ2) is 16.4. The topological polar surface area (TPSA) is 21.1 Å². The SMILES string of the molecule is c1ccc(-c2cc(-c3ccccc3)cc(N(c3ccccc3)c3ccc(-c4ccc5ccc6c(-c7ccc(-n8c(-c9ccccc9)nc9ccccc98)cc7)ccc7ccc4c5c76)cc3)c2)cc1. The Morgan fingerprint density at radius 2 is 0.765 bits per heavy atom. The van der Waals surface area contributed by atoms with E-state index in [2.05, 4.69) is 270 Å². The molecule has 0 N–H and O–H groups in total. The number of aromatic nitrogens is 2. The highest BCUT2D eigenvalue weighted by molar-refractivity contribution is 6.27. The van der Waals surface area contributed by atoms with Gasteiger partial charge in [-0.3, -0.25) is 4.57 Å². The summed E-state index contributed by atoms with van der Waals surface area (Å²) in [5.74, 6) is 0.937. The van der Waals surface area contributed by atoms with Crippen molar-refractivity contribution < 1.29 is 0 Å². The van der Waals surface area contributed by atoms with Crippen molar-refractivity contribution in [1.82, 2.24) is 9.55 Å². The predicted octanol–water partition coefficient (Wildman–Crippen LogP) is 17.7. The van der Waals surface area contributed by atoms with Crippen molar-refractivity contribution in [2.45, 2.75) is 0 Å². The number of para-hydroxylation sites is 3. The van der Waals surface area contributed by atoms with Gasteiger partial charge in [0.1, 0.15) is 5.82 Å². The number of imidazole rings is 1. The Balaban J connectivity index is 0.893. The van der Waals surface area contributed by atoms with Crippen LogP contribution in [0.1, 0.15) is 0 Å². The third-order valence-corrected chi connectivity index (χ3v) is 13.5. The Morgan fingerprint density at radius 3 is 1.32 bits per heavy atom. The van der Waals surface area contributed by atoms with Crippen LogP contribution in [-0.4, -0.2) is 9.55 Å². The number of fused-ring (bicyclic) bond motifs is 1. The molecule has 0 amide bonds. The Kier molecular flexibility index (Phi) is 9.50. The molecule has 0 radical (unpaired) electrons. The first-order valence-corrected chi connectivity index (χ1v) is 23.3. The molecule has 0 atom stereocenters. The van der Waals surface area contributed by atoms with Gasteiger partial charge in [0.25, 0.3) is 0 Å². The summed E-state index contributed by atoms with van der Waals surface area (Å²) in [7, 11) is 0. The van der Waals surface area contributed by atoms with Crippen molar-refractivity contribution in [2.24, 2.45) is 0 Å². The van der Waals surface area contributed by atoms with Crippen LogP contribution in [-0.2, 0) is 0 Å². The van der Waals surface area contributed by atoms with Crippen molar-refractivity contribution >= 4 is 60.4 Å². The van der Waals surface area contributed by atoms with E-state index in [9.17, 15) is 0 Å². The maximum absolute atomic E-state index is 5.08. The van der Waals surface area contributed by atoms with Gasteiger partial charge in [-0.15, -0.1) is 0 Å². The average molecular weight is 866 g/mol. The fourth-order valence-corrected chi connectivity index (χ4v) is 10.3. The van der Waals surface area contributed by atoms with Gasteiger partial charge in [0.2, 0.25) is 0 Å². The maximum Gasteiger partial charge on any atom is 0.145 e. The summed E-state index contributed by atoms with van der Waals surface area (Å²) in [5.41, 5.74) is 17.1. The van der Waals surface area contributed by atoms with E-state index in [0.29, 0.717) is 0 Å². The Morgan fingerprint density at radius 1 is 0.309 bits per heavy atom. The van der Waals surface area contributed by atoms with E-state index in [1.807, 2.05) is 0 Å². The molecule has 13 rings (SSSR count). The van der Waals surface area contributed by atoms with Crippen LogP contribution >= 0.6 is 0 Å². The van der Waals surface area contributed by atoms with Gasteiger partial charge >= 0.3 is 0 Å². The van der Waals surface area contributed by atoms with Crippen molar-refractivity contribution in [3.05, 3.63) is 261 Å². The van der Waals surface area contributed by atoms with Gasteiger partial charge in [-0.1, -0.05) is 194 Å². The Bertz CT molecular complexity index is 3860. The van der Waals surface area contributed by atoms with Crippen molar-refractivity contribution in [1.29, 1.82) is 0 Å². The summed E-state index contributed by atoms with van der Waals surface area (Å²) in [5, 5.41) is 7.60. The van der Waals surface area contributed by atoms with Crippen LogP contribution in [0.2, 0.25) is 0 Å². The van der Waals surface area contributed by atoms with Crippen molar-refractivity contribution in [3.63, 3.8) is 0 Å². The molecule has 0 saturated heterocycles. The maximum atomic E-state index is 5.08. The Hall–Kier alpha value is -9.05. The molecule has 0 spiro atoms. The molecule has 1 heterocycles. The monoisotopic (exact) mass is 865 g/mol. The van der Waals surface area contributed by atoms with E-state index in [-0.39, 0.29) is 0 Å². The van der Waals surface area contributed by atoms with E-state index < -0.39 is 0 Å². The summed E-state index contributed by atoms with van der Waals surface area (Å²) >= 11 is 0. The fourth-order valence-electron chi connectivity index (χ4n) is 10.3. The lowest BCUT2D eigenvalue weighted by atomic mass is 9.87.